The number of aliphatic hydroxyl groups excluding tert-OH is 1. The van der Waals surface area contributed by atoms with Crippen molar-refractivity contribution in [1.29, 1.82) is 0 Å². The van der Waals surface area contributed by atoms with Gasteiger partial charge in [-0.3, -0.25) is 4.90 Å². The summed E-state index contributed by atoms with van der Waals surface area (Å²) in [5.41, 5.74) is 3.19. The van der Waals surface area contributed by atoms with Crippen molar-refractivity contribution in [3.8, 4) is 11.5 Å². The summed E-state index contributed by atoms with van der Waals surface area (Å²) in [5.74, 6) is 0.917. The Morgan fingerprint density at radius 1 is 1.08 bits per heavy atom. The highest BCUT2D eigenvalue weighted by atomic mass is 19.3. The van der Waals surface area contributed by atoms with Crippen LogP contribution in [0.2, 0.25) is 0 Å². The van der Waals surface area contributed by atoms with Crippen LogP contribution in [0.15, 0.2) is 42.5 Å². The molecule has 2 aromatic rings. The van der Waals surface area contributed by atoms with E-state index in [-0.39, 0.29) is 5.75 Å². The van der Waals surface area contributed by atoms with Crippen LogP contribution in [-0.2, 0) is 13.0 Å². The summed E-state index contributed by atoms with van der Waals surface area (Å²) in [5, 5.41) is 10.4. The highest BCUT2D eigenvalue weighted by molar-refractivity contribution is 5.37. The summed E-state index contributed by atoms with van der Waals surface area (Å²) >= 11 is 0. The number of hydrogen-bond donors (Lipinski definition) is 1. The van der Waals surface area contributed by atoms with E-state index in [1.54, 1.807) is 19.2 Å². The molecule has 6 heteroatoms. The van der Waals surface area contributed by atoms with Crippen molar-refractivity contribution in [3.05, 3.63) is 59.2 Å². The summed E-state index contributed by atoms with van der Waals surface area (Å²) in [4.78, 5) is 2.18. The molecule has 0 aliphatic carbocycles. The SMILES string of the molecule is COc1ccc2c(c1)CN(CC(O)c1ccc(OC(F)F)cc1)CC2. The Kier molecular flexibility index (Phi) is 5.50. The summed E-state index contributed by atoms with van der Waals surface area (Å²) in [6.07, 6.45) is 0.237. The van der Waals surface area contributed by atoms with Crippen molar-refractivity contribution < 1.29 is 23.4 Å². The molecule has 0 aromatic heterocycles. The predicted molar refractivity (Wildman–Crippen MR) is 90.0 cm³/mol. The number of benzene rings is 2. The van der Waals surface area contributed by atoms with Crippen LogP contribution >= 0.6 is 0 Å². The summed E-state index contributed by atoms with van der Waals surface area (Å²) in [6.45, 7) is -0.758. The smallest absolute Gasteiger partial charge is 0.387 e. The molecule has 0 fully saturated rings. The lowest BCUT2D eigenvalue weighted by Crippen LogP contribution is -2.34. The number of rotatable bonds is 6. The number of β-amino-alcohol motifs (C(OH)–C–C–N with tert-alkyl or cyclic N) is 1. The van der Waals surface area contributed by atoms with E-state index in [1.807, 2.05) is 12.1 Å². The van der Waals surface area contributed by atoms with E-state index < -0.39 is 12.7 Å². The number of alkyl halides is 2. The first kappa shape index (κ1) is 17.6. The van der Waals surface area contributed by atoms with E-state index in [1.165, 1.54) is 23.3 Å². The van der Waals surface area contributed by atoms with Crippen LogP contribution in [0.3, 0.4) is 0 Å². The Hall–Kier alpha value is -2.18. The highest BCUT2D eigenvalue weighted by Gasteiger charge is 2.20. The van der Waals surface area contributed by atoms with Crippen LogP contribution in [0, 0.1) is 0 Å². The molecule has 0 saturated heterocycles. The van der Waals surface area contributed by atoms with Crippen LogP contribution in [0.1, 0.15) is 22.8 Å². The minimum atomic E-state index is -2.85. The van der Waals surface area contributed by atoms with Gasteiger partial charge >= 0.3 is 6.61 Å². The van der Waals surface area contributed by atoms with Gasteiger partial charge in [0, 0.05) is 19.6 Å². The standard InChI is InChI=1S/C19H21F2NO3/c1-24-17-7-2-13-8-9-22(11-15(13)10-17)12-18(23)14-3-5-16(6-4-14)25-19(20)21/h2-7,10,18-19,23H,8-9,11-12H2,1H3. The Morgan fingerprint density at radius 2 is 1.80 bits per heavy atom. The molecule has 0 radical (unpaired) electrons. The van der Waals surface area contributed by atoms with E-state index in [4.69, 9.17) is 4.74 Å². The van der Waals surface area contributed by atoms with Gasteiger partial charge in [-0.15, -0.1) is 0 Å². The average Bonchev–Trinajstić information content (AvgIpc) is 2.61. The van der Waals surface area contributed by atoms with Gasteiger partial charge < -0.3 is 14.6 Å². The van der Waals surface area contributed by atoms with E-state index in [2.05, 4.69) is 15.7 Å². The molecule has 1 atom stereocenters. The molecule has 1 N–H and O–H groups in total. The largest absolute Gasteiger partial charge is 0.497 e. The number of hydrogen-bond acceptors (Lipinski definition) is 4. The van der Waals surface area contributed by atoms with Gasteiger partial charge in [-0.25, -0.2) is 0 Å². The number of halogens is 2. The first-order valence-corrected chi connectivity index (χ1v) is 8.16. The molecule has 0 saturated carbocycles. The van der Waals surface area contributed by atoms with Gasteiger partial charge in [0.2, 0.25) is 0 Å². The maximum atomic E-state index is 12.2. The molecule has 0 amide bonds. The van der Waals surface area contributed by atoms with Crippen LogP contribution in [0.5, 0.6) is 11.5 Å². The second-order valence-corrected chi connectivity index (χ2v) is 6.08. The molecule has 0 spiro atoms. The van der Waals surface area contributed by atoms with E-state index >= 15 is 0 Å². The molecule has 4 nitrogen and oxygen atoms in total. The van der Waals surface area contributed by atoms with Gasteiger partial charge in [0.25, 0.3) is 0 Å². The minimum absolute atomic E-state index is 0.0879. The van der Waals surface area contributed by atoms with Crippen LogP contribution in [-0.4, -0.2) is 36.8 Å². The molecule has 134 valence electrons. The lowest BCUT2D eigenvalue weighted by atomic mass is 9.98. The first-order valence-electron chi connectivity index (χ1n) is 8.16. The summed E-state index contributed by atoms with van der Waals surface area (Å²) in [6, 6.07) is 12.2. The topological polar surface area (TPSA) is 41.9 Å². The average molecular weight is 349 g/mol. The molecule has 25 heavy (non-hydrogen) atoms. The first-order chi connectivity index (χ1) is 12.0. The molecule has 0 bridgehead atoms. The Balaban J connectivity index is 1.62. The molecular weight excluding hydrogens is 328 g/mol. The van der Waals surface area contributed by atoms with Crippen LogP contribution in [0.4, 0.5) is 8.78 Å². The van der Waals surface area contributed by atoms with Crippen molar-refractivity contribution in [2.75, 3.05) is 20.2 Å². The van der Waals surface area contributed by atoms with Gasteiger partial charge in [0.05, 0.1) is 13.2 Å². The Bertz CT molecular complexity index is 706. The highest BCUT2D eigenvalue weighted by Crippen LogP contribution is 2.26. The maximum Gasteiger partial charge on any atom is 0.387 e. The zero-order valence-electron chi connectivity index (χ0n) is 14.0. The normalized spacial score (nSPS) is 15.7. The molecule has 1 unspecified atom stereocenters. The molecular formula is C19H21F2NO3. The zero-order chi connectivity index (χ0) is 17.8. The third kappa shape index (κ3) is 4.46. The molecule has 1 aliphatic heterocycles. The second-order valence-electron chi connectivity index (χ2n) is 6.08. The van der Waals surface area contributed by atoms with Gasteiger partial charge in [-0.05, 0) is 47.4 Å². The third-order valence-electron chi connectivity index (χ3n) is 4.43. The second kappa shape index (κ2) is 7.80. The number of ether oxygens (including phenoxy) is 2. The monoisotopic (exact) mass is 349 g/mol. The van der Waals surface area contributed by atoms with Gasteiger partial charge in [0.1, 0.15) is 11.5 Å². The molecule has 1 aliphatic rings. The van der Waals surface area contributed by atoms with Gasteiger partial charge in [0.15, 0.2) is 0 Å². The fraction of sp³-hybridized carbons (Fsp3) is 0.368. The van der Waals surface area contributed by atoms with E-state index in [9.17, 15) is 13.9 Å². The molecule has 2 aromatic carbocycles. The number of aliphatic hydroxyl groups is 1. The van der Waals surface area contributed by atoms with Crippen molar-refractivity contribution >= 4 is 0 Å². The number of methoxy groups -OCH3 is 1. The van der Waals surface area contributed by atoms with Gasteiger partial charge in [-0.1, -0.05) is 18.2 Å². The fourth-order valence-corrected chi connectivity index (χ4v) is 3.10. The molecule has 3 rings (SSSR count). The predicted octanol–water partition coefficient (Wildman–Crippen LogP) is 3.39. The van der Waals surface area contributed by atoms with Crippen molar-refractivity contribution in [3.63, 3.8) is 0 Å². The van der Waals surface area contributed by atoms with Gasteiger partial charge in [-0.2, -0.15) is 8.78 Å². The van der Waals surface area contributed by atoms with Crippen LogP contribution < -0.4 is 9.47 Å². The van der Waals surface area contributed by atoms with E-state index in [0.29, 0.717) is 12.1 Å². The van der Waals surface area contributed by atoms with Crippen molar-refractivity contribution in [2.45, 2.75) is 25.7 Å². The minimum Gasteiger partial charge on any atom is -0.497 e. The summed E-state index contributed by atoms with van der Waals surface area (Å²) in [7, 11) is 1.65. The zero-order valence-corrected chi connectivity index (χ0v) is 14.0. The lowest BCUT2D eigenvalue weighted by molar-refractivity contribution is -0.0498. The van der Waals surface area contributed by atoms with E-state index in [0.717, 1.165) is 25.3 Å². The van der Waals surface area contributed by atoms with Crippen molar-refractivity contribution in [1.82, 2.24) is 4.90 Å². The maximum absolute atomic E-state index is 12.2. The Morgan fingerprint density at radius 3 is 2.48 bits per heavy atom. The number of fused-ring (bicyclic) bond motifs is 1. The van der Waals surface area contributed by atoms with Crippen molar-refractivity contribution in [2.24, 2.45) is 0 Å². The number of nitrogens with zero attached hydrogens (tertiary/aromatic N) is 1. The summed E-state index contributed by atoms with van der Waals surface area (Å²) < 4.78 is 33.9. The Labute approximate surface area is 145 Å². The quantitative estimate of drug-likeness (QED) is 0.868. The fourth-order valence-electron chi connectivity index (χ4n) is 3.10. The molecule has 1 heterocycles. The lowest BCUT2D eigenvalue weighted by Gasteiger charge is -2.30. The van der Waals surface area contributed by atoms with Crippen LogP contribution in [0.25, 0.3) is 0 Å². The third-order valence-corrected chi connectivity index (χ3v) is 4.43.